The fraction of sp³-hybridized carbons (Fsp3) is 0.400. The molecule has 0 spiro atoms. The lowest BCUT2D eigenvalue weighted by molar-refractivity contribution is -0.158. The van der Waals surface area contributed by atoms with Gasteiger partial charge in [0.15, 0.2) is 0 Å². The fourth-order valence-electron chi connectivity index (χ4n) is 1.93. The summed E-state index contributed by atoms with van der Waals surface area (Å²) in [5.41, 5.74) is 6.98. The topological polar surface area (TPSA) is 38.0 Å². The van der Waals surface area contributed by atoms with Crippen molar-refractivity contribution < 1.29 is 13.2 Å². The van der Waals surface area contributed by atoms with Crippen molar-refractivity contribution >= 4 is 5.69 Å². The van der Waals surface area contributed by atoms with E-state index in [1.807, 2.05) is 0 Å². The van der Waals surface area contributed by atoms with Crippen molar-refractivity contribution in [2.24, 2.45) is 0 Å². The number of halogens is 3. The summed E-state index contributed by atoms with van der Waals surface area (Å²) in [6.07, 6.45) is -3.71. The lowest BCUT2D eigenvalue weighted by atomic mass is 9.93. The van der Waals surface area contributed by atoms with Crippen LogP contribution in [0, 0.1) is 0 Å². The highest BCUT2D eigenvalue weighted by molar-refractivity contribution is 5.53. The summed E-state index contributed by atoms with van der Waals surface area (Å²) >= 11 is 0. The first-order valence-corrected chi connectivity index (χ1v) is 4.67. The van der Waals surface area contributed by atoms with Crippen molar-refractivity contribution in [3.05, 3.63) is 29.3 Å². The fourth-order valence-corrected chi connectivity index (χ4v) is 1.93. The second-order valence-electron chi connectivity index (χ2n) is 3.59. The molecule has 0 aliphatic carbocycles. The standard InChI is InChI=1S/C10H11F3N2/c11-10(12,13)9-7-2-1-3-8(14)6(7)4-5-15-9/h1-3,9,15H,4-5,14H2. The molecule has 0 amide bonds. The molecule has 15 heavy (non-hydrogen) atoms. The van der Waals surface area contributed by atoms with Crippen molar-refractivity contribution in [3.63, 3.8) is 0 Å². The Balaban J connectivity index is 2.48. The molecular weight excluding hydrogens is 205 g/mol. The van der Waals surface area contributed by atoms with Gasteiger partial charge in [0.2, 0.25) is 0 Å². The van der Waals surface area contributed by atoms with Crippen LogP contribution in [0.2, 0.25) is 0 Å². The molecule has 2 rings (SSSR count). The molecule has 5 heteroatoms. The Morgan fingerprint density at radius 2 is 2.07 bits per heavy atom. The van der Waals surface area contributed by atoms with E-state index in [4.69, 9.17) is 5.73 Å². The minimum absolute atomic E-state index is 0.258. The summed E-state index contributed by atoms with van der Waals surface area (Å²) in [7, 11) is 0. The van der Waals surface area contributed by atoms with Crippen molar-refractivity contribution in [2.75, 3.05) is 12.3 Å². The van der Waals surface area contributed by atoms with E-state index < -0.39 is 12.2 Å². The maximum Gasteiger partial charge on any atom is 0.407 e. The molecule has 1 heterocycles. The molecule has 1 atom stereocenters. The van der Waals surface area contributed by atoms with Crippen LogP contribution in [-0.4, -0.2) is 12.7 Å². The lowest BCUT2D eigenvalue weighted by Gasteiger charge is -2.29. The van der Waals surface area contributed by atoms with Crippen LogP contribution in [-0.2, 0) is 6.42 Å². The molecule has 0 bridgehead atoms. The zero-order valence-corrected chi connectivity index (χ0v) is 7.93. The number of fused-ring (bicyclic) bond motifs is 1. The van der Waals surface area contributed by atoms with Crippen LogP contribution in [0.5, 0.6) is 0 Å². The third-order valence-corrected chi connectivity index (χ3v) is 2.61. The van der Waals surface area contributed by atoms with Gasteiger partial charge in [-0.1, -0.05) is 12.1 Å². The van der Waals surface area contributed by atoms with Gasteiger partial charge in [0, 0.05) is 12.2 Å². The van der Waals surface area contributed by atoms with Gasteiger partial charge in [0.25, 0.3) is 0 Å². The first kappa shape index (κ1) is 10.3. The minimum atomic E-state index is -4.26. The van der Waals surface area contributed by atoms with Crippen LogP contribution in [0.1, 0.15) is 17.2 Å². The number of hydrogen-bond donors (Lipinski definition) is 2. The molecule has 1 aliphatic heterocycles. The van der Waals surface area contributed by atoms with Gasteiger partial charge >= 0.3 is 6.18 Å². The van der Waals surface area contributed by atoms with Crippen LogP contribution >= 0.6 is 0 Å². The predicted octanol–water partition coefficient (Wildman–Crippen LogP) is 2.02. The summed E-state index contributed by atoms with van der Waals surface area (Å²) in [4.78, 5) is 0. The molecule has 0 saturated carbocycles. The van der Waals surface area contributed by atoms with Crippen molar-refractivity contribution in [1.82, 2.24) is 5.32 Å². The molecule has 1 aromatic carbocycles. The van der Waals surface area contributed by atoms with E-state index in [9.17, 15) is 13.2 Å². The third kappa shape index (κ3) is 1.79. The number of hydrogen-bond acceptors (Lipinski definition) is 2. The normalized spacial score (nSPS) is 21.1. The number of alkyl halides is 3. The number of benzene rings is 1. The Morgan fingerprint density at radius 1 is 1.33 bits per heavy atom. The van der Waals surface area contributed by atoms with Crippen LogP contribution < -0.4 is 11.1 Å². The average molecular weight is 216 g/mol. The van der Waals surface area contributed by atoms with Crippen molar-refractivity contribution in [3.8, 4) is 0 Å². The second kappa shape index (κ2) is 3.41. The van der Waals surface area contributed by atoms with E-state index in [0.29, 0.717) is 24.2 Å². The van der Waals surface area contributed by atoms with Crippen LogP contribution in [0.4, 0.5) is 18.9 Å². The molecule has 0 radical (unpaired) electrons. The van der Waals surface area contributed by atoms with Gasteiger partial charge in [-0.15, -0.1) is 0 Å². The Hall–Kier alpha value is -1.23. The number of nitrogens with one attached hydrogen (secondary N) is 1. The van der Waals surface area contributed by atoms with E-state index in [-0.39, 0.29) is 5.56 Å². The van der Waals surface area contributed by atoms with E-state index in [0.717, 1.165) is 0 Å². The largest absolute Gasteiger partial charge is 0.407 e. The SMILES string of the molecule is Nc1cccc2c1CCNC2C(F)(F)F. The summed E-state index contributed by atoms with van der Waals surface area (Å²) < 4.78 is 37.9. The van der Waals surface area contributed by atoms with E-state index in [2.05, 4.69) is 5.32 Å². The monoisotopic (exact) mass is 216 g/mol. The smallest absolute Gasteiger partial charge is 0.398 e. The summed E-state index contributed by atoms with van der Waals surface area (Å²) in [5, 5.41) is 2.46. The van der Waals surface area contributed by atoms with E-state index in [1.54, 1.807) is 12.1 Å². The Morgan fingerprint density at radius 3 is 2.73 bits per heavy atom. The van der Waals surface area contributed by atoms with Gasteiger partial charge in [-0.3, -0.25) is 0 Å². The average Bonchev–Trinajstić information content (AvgIpc) is 2.16. The van der Waals surface area contributed by atoms with Gasteiger partial charge in [-0.25, -0.2) is 0 Å². The number of anilines is 1. The highest BCUT2D eigenvalue weighted by Gasteiger charge is 2.43. The van der Waals surface area contributed by atoms with Crippen molar-refractivity contribution in [1.29, 1.82) is 0 Å². The first-order valence-electron chi connectivity index (χ1n) is 4.67. The molecule has 2 nitrogen and oxygen atoms in total. The van der Waals surface area contributed by atoms with Gasteiger partial charge < -0.3 is 11.1 Å². The summed E-state index contributed by atoms with van der Waals surface area (Å²) in [6, 6.07) is 3.10. The maximum atomic E-state index is 12.6. The van der Waals surface area contributed by atoms with Gasteiger partial charge in [0.05, 0.1) is 0 Å². The molecule has 3 N–H and O–H groups in total. The van der Waals surface area contributed by atoms with E-state index in [1.165, 1.54) is 6.07 Å². The van der Waals surface area contributed by atoms with Crippen LogP contribution in [0.25, 0.3) is 0 Å². The molecule has 0 saturated heterocycles. The predicted molar refractivity (Wildman–Crippen MR) is 51.4 cm³/mol. The number of rotatable bonds is 0. The summed E-state index contributed by atoms with van der Waals surface area (Å²) in [5.74, 6) is 0. The lowest BCUT2D eigenvalue weighted by Crippen LogP contribution is -2.39. The molecule has 82 valence electrons. The van der Waals surface area contributed by atoms with Crippen molar-refractivity contribution in [2.45, 2.75) is 18.6 Å². The molecule has 1 aliphatic rings. The highest BCUT2D eigenvalue weighted by atomic mass is 19.4. The van der Waals surface area contributed by atoms with Crippen LogP contribution in [0.3, 0.4) is 0 Å². The quantitative estimate of drug-likeness (QED) is 0.651. The van der Waals surface area contributed by atoms with Crippen LogP contribution in [0.15, 0.2) is 18.2 Å². The second-order valence-corrected chi connectivity index (χ2v) is 3.59. The summed E-state index contributed by atoms with van der Waals surface area (Å²) in [6.45, 7) is 0.311. The Kier molecular flexibility index (Phi) is 2.34. The van der Waals surface area contributed by atoms with Gasteiger partial charge in [-0.2, -0.15) is 13.2 Å². The van der Waals surface area contributed by atoms with Gasteiger partial charge in [0.1, 0.15) is 6.04 Å². The minimum Gasteiger partial charge on any atom is -0.398 e. The number of nitrogen functional groups attached to an aromatic ring is 1. The molecule has 1 aromatic rings. The molecular formula is C10H11F3N2. The third-order valence-electron chi connectivity index (χ3n) is 2.61. The molecule has 1 unspecified atom stereocenters. The first-order chi connectivity index (χ1) is 7.00. The number of nitrogens with two attached hydrogens (primary N) is 1. The Labute approximate surface area is 85.3 Å². The molecule has 0 fully saturated rings. The zero-order chi connectivity index (χ0) is 11.1. The highest BCUT2D eigenvalue weighted by Crippen LogP contribution is 2.37. The van der Waals surface area contributed by atoms with Gasteiger partial charge in [-0.05, 0) is 23.6 Å². The molecule has 0 aromatic heterocycles. The maximum absolute atomic E-state index is 12.6. The van der Waals surface area contributed by atoms with E-state index >= 15 is 0 Å². The zero-order valence-electron chi connectivity index (χ0n) is 7.93. The Bertz CT molecular complexity index is 373.